The minimum Gasteiger partial charge on any atom is -0.320 e. The van der Waals surface area contributed by atoms with E-state index >= 15 is 0 Å². The van der Waals surface area contributed by atoms with Crippen LogP contribution in [0.1, 0.15) is 32.3 Å². The maximum absolute atomic E-state index is 12.1. The van der Waals surface area contributed by atoms with Crippen LogP contribution in [0.4, 0.5) is 5.82 Å². The van der Waals surface area contributed by atoms with Crippen molar-refractivity contribution in [3.8, 4) is 11.3 Å². The fourth-order valence-electron chi connectivity index (χ4n) is 2.32. The Labute approximate surface area is 138 Å². The summed E-state index contributed by atoms with van der Waals surface area (Å²) in [5.41, 5.74) is 8.79. The van der Waals surface area contributed by atoms with Crippen molar-refractivity contribution in [1.29, 1.82) is 0 Å². The molecular weight excluding hydrogens is 344 g/mol. The first kappa shape index (κ1) is 16.7. The third-order valence-corrected chi connectivity index (χ3v) is 4.06. The highest BCUT2D eigenvalue weighted by Crippen LogP contribution is 2.28. The van der Waals surface area contributed by atoms with E-state index in [1.165, 1.54) is 0 Å². The second-order valence-corrected chi connectivity index (χ2v) is 6.09. The first-order valence-corrected chi connectivity index (χ1v) is 8.25. The molecule has 1 atom stereocenters. The maximum atomic E-state index is 12.1. The maximum Gasteiger partial charge on any atom is 0.242 e. The average molecular weight is 365 g/mol. The monoisotopic (exact) mass is 364 g/mol. The number of aromatic nitrogens is 2. The summed E-state index contributed by atoms with van der Waals surface area (Å²) in [6, 6.07) is 7.47. The number of hydrogen-bond acceptors (Lipinski definition) is 3. The molecule has 1 aromatic heterocycles. The van der Waals surface area contributed by atoms with Crippen molar-refractivity contribution in [2.24, 2.45) is 5.73 Å². The topological polar surface area (TPSA) is 83.8 Å². The smallest absolute Gasteiger partial charge is 0.242 e. The van der Waals surface area contributed by atoms with E-state index in [1.54, 1.807) is 0 Å². The van der Waals surface area contributed by atoms with E-state index in [9.17, 15) is 4.79 Å². The third-order valence-electron chi connectivity index (χ3n) is 3.53. The van der Waals surface area contributed by atoms with Gasteiger partial charge in [0.05, 0.1) is 11.7 Å². The molecule has 1 unspecified atom stereocenters. The van der Waals surface area contributed by atoms with Crippen molar-refractivity contribution in [3.05, 3.63) is 34.3 Å². The molecule has 1 amide bonds. The summed E-state index contributed by atoms with van der Waals surface area (Å²) < 4.78 is 1.02. The molecule has 6 heteroatoms. The molecule has 0 spiro atoms. The zero-order chi connectivity index (χ0) is 16.1. The van der Waals surface area contributed by atoms with Crippen LogP contribution >= 0.6 is 15.9 Å². The fourth-order valence-corrected chi connectivity index (χ4v) is 2.58. The molecular formula is C16H21BrN4O. The lowest BCUT2D eigenvalue weighted by atomic mass is 10.1. The molecule has 118 valence electrons. The normalized spacial score (nSPS) is 12.2. The first-order valence-electron chi connectivity index (χ1n) is 7.46. The van der Waals surface area contributed by atoms with Crippen LogP contribution in [0.25, 0.3) is 11.3 Å². The Balaban J connectivity index is 2.24. The second-order valence-electron chi connectivity index (χ2n) is 5.17. The standard InChI is InChI=1S/C16H21BrN4O/c1-3-5-13(18)16(22)19-15-12(4-2)14(20-21-15)10-6-8-11(17)9-7-10/h6-9,13H,3-5,18H2,1-2H3,(H2,19,20,21,22). The van der Waals surface area contributed by atoms with Gasteiger partial charge in [0.2, 0.25) is 5.91 Å². The van der Waals surface area contributed by atoms with Gasteiger partial charge in [0.25, 0.3) is 0 Å². The number of nitrogens with one attached hydrogen (secondary N) is 2. The number of carbonyl (C=O) groups is 1. The van der Waals surface area contributed by atoms with E-state index in [-0.39, 0.29) is 5.91 Å². The number of nitrogens with zero attached hydrogens (tertiary/aromatic N) is 1. The quantitative estimate of drug-likeness (QED) is 0.733. The highest BCUT2D eigenvalue weighted by atomic mass is 79.9. The van der Waals surface area contributed by atoms with Crippen molar-refractivity contribution in [3.63, 3.8) is 0 Å². The first-order chi connectivity index (χ1) is 10.6. The van der Waals surface area contributed by atoms with Gasteiger partial charge in [-0.3, -0.25) is 9.89 Å². The van der Waals surface area contributed by atoms with Gasteiger partial charge >= 0.3 is 0 Å². The molecule has 0 aliphatic heterocycles. The number of carbonyl (C=O) groups excluding carboxylic acids is 1. The number of H-pyrrole nitrogens is 1. The molecule has 0 aliphatic rings. The molecule has 2 rings (SSSR count). The van der Waals surface area contributed by atoms with Crippen molar-refractivity contribution in [2.45, 2.75) is 39.2 Å². The van der Waals surface area contributed by atoms with Crippen LogP contribution in [0.15, 0.2) is 28.7 Å². The van der Waals surface area contributed by atoms with Gasteiger partial charge in [-0.05, 0) is 30.5 Å². The van der Waals surface area contributed by atoms with E-state index in [2.05, 4.69) is 31.4 Å². The Kier molecular flexibility index (Phi) is 5.74. The number of rotatable bonds is 6. The summed E-state index contributed by atoms with van der Waals surface area (Å²) in [7, 11) is 0. The number of anilines is 1. The molecule has 5 nitrogen and oxygen atoms in total. The lowest BCUT2D eigenvalue weighted by molar-refractivity contribution is -0.117. The highest BCUT2D eigenvalue weighted by Gasteiger charge is 2.18. The zero-order valence-electron chi connectivity index (χ0n) is 12.8. The van der Waals surface area contributed by atoms with Gasteiger partial charge in [0.15, 0.2) is 5.82 Å². The number of aromatic amines is 1. The average Bonchev–Trinajstić information content (AvgIpc) is 2.90. The molecule has 2 aromatic rings. The van der Waals surface area contributed by atoms with Crippen LogP contribution in [0.2, 0.25) is 0 Å². The number of nitrogens with two attached hydrogens (primary N) is 1. The third kappa shape index (κ3) is 3.75. The summed E-state index contributed by atoms with van der Waals surface area (Å²) in [5.74, 6) is 0.377. The minimum atomic E-state index is -0.498. The van der Waals surface area contributed by atoms with E-state index in [0.29, 0.717) is 12.2 Å². The van der Waals surface area contributed by atoms with Gasteiger partial charge in [-0.15, -0.1) is 0 Å². The predicted octanol–water partition coefficient (Wildman–Crippen LogP) is 3.47. The summed E-state index contributed by atoms with van der Waals surface area (Å²) in [6.07, 6.45) is 2.30. The molecule has 0 saturated carbocycles. The number of hydrogen-bond donors (Lipinski definition) is 3. The molecule has 0 saturated heterocycles. The SMILES string of the molecule is CCCC(N)C(=O)Nc1n[nH]c(-c2ccc(Br)cc2)c1CC. The number of amides is 1. The summed E-state index contributed by atoms with van der Waals surface area (Å²) in [4.78, 5) is 12.1. The van der Waals surface area contributed by atoms with Gasteiger partial charge < -0.3 is 11.1 Å². The Morgan fingerprint density at radius 1 is 1.36 bits per heavy atom. The summed E-state index contributed by atoms with van der Waals surface area (Å²) in [6.45, 7) is 4.04. The van der Waals surface area contributed by atoms with Gasteiger partial charge in [0.1, 0.15) is 0 Å². The number of halogens is 1. The van der Waals surface area contributed by atoms with Crippen molar-refractivity contribution >= 4 is 27.7 Å². The summed E-state index contributed by atoms with van der Waals surface area (Å²) in [5, 5.41) is 10.1. The molecule has 0 bridgehead atoms. The predicted molar refractivity (Wildman–Crippen MR) is 92.6 cm³/mol. The van der Waals surface area contributed by atoms with Gasteiger partial charge in [-0.25, -0.2) is 0 Å². The lowest BCUT2D eigenvalue weighted by Gasteiger charge is -2.10. The van der Waals surface area contributed by atoms with E-state index in [1.807, 2.05) is 38.1 Å². The molecule has 4 N–H and O–H groups in total. The second kappa shape index (κ2) is 7.56. The van der Waals surface area contributed by atoms with Crippen LogP contribution in [-0.4, -0.2) is 22.1 Å². The Morgan fingerprint density at radius 3 is 2.64 bits per heavy atom. The van der Waals surface area contributed by atoms with Crippen LogP contribution in [0, 0.1) is 0 Å². The molecule has 22 heavy (non-hydrogen) atoms. The van der Waals surface area contributed by atoms with Crippen molar-refractivity contribution in [2.75, 3.05) is 5.32 Å². The van der Waals surface area contributed by atoms with E-state index < -0.39 is 6.04 Å². The zero-order valence-corrected chi connectivity index (χ0v) is 14.4. The Bertz CT molecular complexity index is 636. The molecule has 0 fully saturated rings. The van der Waals surface area contributed by atoms with Crippen molar-refractivity contribution < 1.29 is 4.79 Å². The number of benzene rings is 1. The van der Waals surface area contributed by atoms with Crippen LogP contribution in [0.5, 0.6) is 0 Å². The van der Waals surface area contributed by atoms with Gasteiger partial charge in [0, 0.05) is 10.0 Å². The van der Waals surface area contributed by atoms with Crippen LogP contribution in [0.3, 0.4) is 0 Å². The Hall–Kier alpha value is -1.66. The van der Waals surface area contributed by atoms with E-state index in [0.717, 1.165) is 34.1 Å². The van der Waals surface area contributed by atoms with Gasteiger partial charge in [-0.2, -0.15) is 5.10 Å². The van der Waals surface area contributed by atoms with Crippen LogP contribution in [-0.2, 0) is 11.2 Å². The molecule has 0 radical (unpaired) electrons. The van der Waals surface area contributed by atoms with Gasteiger partial charge in [-0.1, -0.05) is 48.3 Å². The highest BCUT2D eigenvalue weighted by molar-refractivity contribution is 9.10. The lowest BCUT2D eigenvalue weighted by Crippen LogP contribution is -2.35. The molecule has 0 aliphatic carbocycles. The largest absolute Gasteiger partial charge is 0.320 e. The fraction of sp³-hybridized carbons (Fsp3) is 0.375. The minimum absolute atomic E-state index is 0.189. The van der Waals surface area contributed by atoms with Crippen LogP contribution < -0.4 is 11.1 Å². The van der Waals surface area contributed by atoms with Crippen molar-refractivity contribution in [1.82, 2.24) is 10.2 Å². The molecule has 1 heterocycles. The summed E-state index contributed by atoms with van der Waals surface area (Å²) >= 11 is 3.43. The molecule has 1 aromatic carbocycles. The van der Waals surface area contributed by atoms with E-state index in [4.69, 9.17) is 5.73 Å². The Morgan fingerprint density at radius 2 is 2.05 bits per heavy atom.